The van der Waals surface area contributed by atoms with Crippen LogP contribution in [0.5, 0.6) is 17.2 Å². The van der Waals surface area contributed by atoms with E-state index < -0.39 is 0 Å². The van der Waals surface area contributed by atoms with E-state index in [1.165, 1.54) is 11.8 Å². The van der Waals surface area contributed by atoms with Gasteiger partial charge in [-0.2, -0.15) is 0 Å². The first-order valence-corrected chi connectivity index (χ1v) is 12.5. The Morgan fingerprint density at radius 2 is 1.89 bits per heavy atom. The van der Waals surface area contributed by atoms with Gasteiger partial charge in [0, 0.05) is 0 Å². The summed E-state index contributed by atoms with van der Waals surface area (Å²) in [5.41, 5.74) is 2.24. The number of nitrogens with one attached hydrogen (secondary N) is 1. The molecule has 2 heterocycles. The molecule has 10 heteroatoms. The Hall–Kier alpha value is -3.53. The van der Waals surface area contributed by atoms with Crippen LogP contribution in [0.25, 0.3) is 6.08 Å². The number of benzene rings is 3. The number of hydrogen-bond acceptors (Lipinski definition) is 7. The topological polar surface area (TPSA) is 77.1 Å². The van der Waals surface area contributed by atoms with Gasteiger partial charge in [-0.05, 0) is 53.6 Å². The molecule has 0 bridgehead atoms. The number of thiocarbonyl (C=S) groups is 1. The first-order valence-electron chi connectivity index (χ1n) is 10.9. The molecular formula is C26H19ClN2O5S2. The maximum absolute atomic E-state index is 13.0. The zero-order valence-electron chi connectivity index (χ0n) is 18.7. The Bertz CT molecular complexity index is 1380. The summed E-state index contributed by atoms with van der Waals surface area (Å²) < 4.78 is 16.8. The molecule has 0 radical (unpaired) electrons. The number of anilines is 1. The fourth-order valence-electron chi connectivity index (χ4n) is 3.57. The quantitative estimate of drug-likeness (QED) is 0.315. The molecule has 2 amide bonds. The zero-order chi connectivity index (χ0) is 25.1. The highest BCUT2D eigenvalue weighted by Gasteiger charge is 2.32. The van der Waals surface area contributed by atoms with E-state index in [4.69, 9.17) is 38.0 Å². The molecule has 0 spiro atoms. The average Bonchev–Trinajstić information content (AvgIpc) is 3.45. The van der Waals surface area contributed by atoms with E-state index >= 15 is 0 Å². The minimum absolute atomic E-state index is 0.153. The third-order valence-electron chi connectivity index (χ3n) is 5.35. The van der Waals surface area contributed by atoms with E-state index in [0.29, 0.717) is 43.7 Å². The summed E-state index contributed by atoms with van der Waals surface area (Å²) in [6.45, 7) is 0.382. The van der Waals surface area contributed by atoms with Crippen LogP contribution >= 0.6 is 35.6 Å². The van der Waals surface area contributed by atoms with Crippen molar-refractivity contribution in [3.8, 4) is 17.2 Å². The van der Waals surface area contributed by atoms with Crippen molar-refractivity contribution in [1.29, 1.82) is 0 Å². The predicted molar refractivity (Wildman–Crippen MR) is 143 cm³/mol. The molecule has 5 rings (SSSR count). The highest BCUT2D eigenvalue weighted by Crippen LogP contribution is 2.36. The van der Waals surface area contributed by atoms with Crippen LogP contribution < -0.4 is 19.5 Å². The summed E-state index contributed by atoms with van der Waals surface area (Å²) in [4.78, 5) is 27.2. The number of nitrogens with zero attached hydrogens (tertiary/aromatic N) is 1. The van der Waals surface area contributed by atoms with Crippen molar-refractivity contribution >= 4 is 63.5 Å². The molecule has 7 nitrogen and oxygen atoms in total. The predicted octanol–water partition coefficient (Wildman–Crippen LogP) is 5.49. The van der Waals surface area contributed by atoms with Gasteiger partial charge >= 0.3 is 0 Å². The van der Waals surface area contributed by atoms with Gasteiger partial charge in [0.15, 0.2) is 18.1 Å². The van der Waals surface area contributed by atoms with E-state index in [-0.39, 0.29) is 25.2 Å². The molecule has 1 N–H and O–H groups in total. The largest absolute Gasteiger partial charge is 0.484 e. The van der Waals surface area contributed by atoms with Gasteiger partial charge in [0.1, 0.15) is 10.1 Å². The standard InChI is InChI=1S/C26H19ClN2O5S2/c27-19-3-1-2-4-20(19)28-24(30)14-32-18-8-5-16(6-9-18)12-23-25(31)29(26(35)36-23)13-17-7-10-21-22(11-17)34-15-33-21/h1-12H,13-15H2,(H,28,30)/b23-12-. The van der Waals surface area contributed by atoms with E-state index in [0.717, 1.165) is 11.1 Å². The van der Waals surface area contributed by atoms with Crippen LogP contribution in [0.15, 0.2) is 71.6 Å². The molecule has 3 aromatic rings. The van der Waals surface area contributed by atoms with Gasteiger partial charge in [0.25, 0.3) is 11.8 Å². The summed E-state index contributed by atoms with van der Waals surface area (Å²) in [5, 5.41) is 3.16. The normalized spacial score (nSPS) is 15.5. The van der Waals surface area contributed by atoms with Crippen molar-refractivity contribution in [3.05, 3.63) is 87.8 Å². The van der Waals surface area contributed by atoms with Crippen LogP contribution in [0.1, 0.15) is 11.1 Å². The number of halogens is 1. The van der Waals surface area contributed by atoms with Crippen LogP contribution in [0.4, 0.5) is 5.69 Å². The molecule has 0 unspecified atom stereocenters. The van der Waals surface area contributed by atoms with Gasteiger partial charge < -0.3 is 19.5 Å². The lowest BCUT2D eigenvalue weighted by Gasteiger charge is -2.14. The van der Waals surface area contributed by atoms with Gasteiger partial charge in [-0.25, -0.2) is 0 Å². The van der Waals surface area contributed by atoms with E-state index in [2.05, 4.69) is 5.32 Å². The third-order valence-corrected chi connectivity index (χ3v) is 7.05. The number of carbonyl (C=O) groups is 2. The zero-order valence-corrected chi connectivity index (χ0v) is 21.1. The monoisotopic (exact) mass is 538 g/mol. The first-order chi connectivity index (χ1) is 17.5. The number of carbonyl (C=O) groups excluding carboxylic acids is 2. The highest BCUT2D eigenvalue weighted by atomic mass is 35.5. The molecule has 0 saturated carbocycles. The van der Waals surface area contributed by atoms with Gasteiger partial charge in [-0.15, -0.1) is 0 Å². The van der Waals surface area contributed by atoms with Crippen molar-refractivity contribution in [2.24, 2.45) is 0 Å². The molecule has 36 heavy (non-hydrogen) atoms. The number of para-hydroxylation sites is 1. The minimum Gasteiger partial charge on any atom is -0.484 e. The van der Waals surface area contributed by atoms with Crippen LogP contribution in [-0.2, 0) is 16.1 Å². The molecule has 0 aromatic heterocycles. The Kier molecular flexibility index (Phi) is 7.13. The molecule has 0 atom stereocenters. The maximum Gasteiger partial charge on any atom is 0.266 e. The Morgan fingerprint density at radius 1 is 1.11 bits per heavy atom. The number of rotatable bonds is 7. The molecule has 2 aliphatic heterocycles. The molecule has 182 valence electrons. The van der Waals surface area contributed by atoms with E-state index in [9.17, 15) is 9.59 Å². The fraction of sp³-hybridized carbons (Fsp3) is 0.115. The second-order valence-electron chi connectivity index (χ2n) is 7.84. The lowest BCUT2D eigenvalue weighted by molar-refractivity contribution is -0.122. The second kappa shape index (κ2) is 10.6. The second-order valence-corrected chi connectivity index (χ2v) is 9.92. The van der Waals surface area contributed by atoms with Crippen molar-refractivity contribution in [2.45, 2.75) is 6.54 Å². The molecule has 2 aliphatic rings. The van der Waals surface area contributed by atoms with Gasteiger partial charge in [0.05, 0.1) is 22.2 Å². The number of amides is 2. The van der Waals surface area contributed by atoms with Gasteiger partial charge in [0.2, 0.25) is 6.79 Å². The summed E-state index contributed by atoms with van der Waals surface area (Å²) in [5.74, 6) is 1.41. The van der Waals surface area contributed by atoms with E-state index in [1.807, 2.05) is 30.3 Å². The third kappa shape index (κ3) is 5.48. The van der Waals surface area contributed by atoms with Crippen molar-refractivity contribution in [1.82, 2.24) is 4.90 Å². The van der Waals surface area contributed by atoms with Crippen LogP contribution in [0.3, 0.4) is 0 Å². The molecule has 0 aliphatic carbocycles. The summed E-state index contributed by atoms with van der Waals surface area (Å²) >= 11 is 12.8. The number of ether oxygens (including phenoxy) is 3. The SMILES string of the molecule is O=C(COc1ccc(/C=C2\SC(=S)N(Cc3ccc4c(c3)OCO4)C2=O)cc1)Nc1ccccc1Cl. The lowest BCUT2D eigenvalue weighted by atomic mass is 10.2. The molecule has 3 aromatic carbocycles. The Labute approximate surface area is 222 Å². The number of thioether (sulfide) groups is 1. The lowest BCUT2D eigenvalue weighted by Crippen LogP contribution is -2.27. The van der Waals surface area contributed by atoms with Gasteiger partial charge in [-0.3, -0.25) is 14.5 Å². The molecule has 1 fully saturated rings. The minimum atomic E-state index is -0.321. The highest BCUT2D eigenvalue weighted by molar-refractivity contribution is 8.26. The van der Waals surface area contributed by atoms with E-state index in [1.54, 1.807) is 47.4 Å². The van der Waals surface area contributed by atoms with Crippen LogP contribution in [0, 0.1) is 0 Å². The fourth-order valence-corrected chi connectivity index (χ4v) is 5.01. The Balaban J connectivity index is 1.18. The Morgan fingerprint density at radius 3 is 2.69 bits per heavy atom. The average molecular weight is 539 g/mol. The molecular weight excluding hydrogens is 520 g/mol. The van der Waals surface area contributed by atoms with Crippen molar-refractivity contribution in [3.63, 3.8) is 0 Å². The van der Waals surface area contributed by atoms with Crippen molar-refractivity contribution in [2.75, 3.05) is 18.7 Å². The summed E-state index contributed by atoms with van der Waals surface area (Å²) in [7, 11) is 0. The number of fused-ring (bicyclic) bond motifs is 1. The maximum atomic E-state index is 13.0. The molecule has 1 saturated heterocycles. The number of hydrogen-bond donors (Lipinski definition) is 1. The van der Waals surface area contributed by atoms with Gasteiger partial charge in [-0.1, -0.05) is 65.9 Å². The van der Waals surface area contributed by atoms with Crippen molar-refractivity contribution < 1.29 is 23.8 Å². The summed E-state index contributed by atoms with van der Waals surface area (Å²) in [6, 6.07) is 19.7. The smallest absolute Gasteiger partial charge is 0.266 e. The van der Waals surface area contributed by atoms with Crippen LogP contribution in [-0.4, -0.2) is 34.4 Å². The van der Waals surface area contributed by atoms with Crippen LogP contribution in [0.2, 0.25) is 5.02 Å². The first kappa shape index (κ1) is 24.2. The summed E-state index contributed by atoms with van der Waals surface area (Å²) in [6.07, 6.45) is 1.78.